The van der Waals surface area contributed by atoms with Crippen LogP contribution in [0.4, 0.5) is 30.7 Å². The van der Waals surface area contributed by atoms with Crippen LogP contribution in [0.5, 0.6) is 0 Å². The smallest absolute Gasteiger partial charge is 0.206 e. The summed E-state index contributed by atoms with van der Waals surface area (Å²) >= 11 is 0. The van der Waals surface area contributed by atoms with Crippen molar-refractivity contribution >= 4 is 0 Å². The molecule has 1 unspecified atom stereocenters. The van der Waals surface area contributed by atoms with Crippen molar-refractivity contribution in [1.82, 2.24) is 0 Å². The third-order valence-electron chi connectivity index (χ3n) is 5.24. The largest absolute Gasteiger partial charge is 0.458 e. The van der Waals surface area contributed by atoms with Gasteiger partial charge in [0.05, 0.1) is 11.1 Å². The predicted octanol–water partition coefficient (Wildman–Crippen LogP) is 8.39. The fraction of sp³-hybridized carbons (Fsp3) is 0.231. The first-order valence-electron chi connectivity index (χ1n) is 10.2. The molecule has 0 aromatic heterocycles. The van der Waals surface area contributed by atoms with E-state index >= 15 is 0 Å². The summed E-state index contributed by atoms with van der Waals surface area (Å²) in [6, 6.07) is 10.4. The molecule has 0 aliphatic carbocycles. The summed E-state index contributed by atoms with van der Waals surface area (Å²) in [6.45, 7) is 4.17. The van der Waals surface area contributed by atoms with Crippen LogP contribution < -0.4 is 0 Å². The molecule has 0 N–H and O–H groups in total. The van der Waals surface area contributed by atoms with Gasteiger partial charge in [0.2, 0.25) is 0 Å². The van der Waals surface area contributed by atoms with E-state index in [4.69, 9.17) is 0 Å². The Balaban J connectivity index is 1.98. The van der Waals surface area contributed by atoms with E-state index in [2.05, 4.69) is 13.8 Å². The maximum Gasteiger partial charge on any atom is 0.458 e. The Kier molecular flexibility index (Phi) is 7.16. The van der Waals surface area contributed by atoms with E-state index in [1.807, 2.05) is 12.1 Å². The molecular weight excluding hydrogens is 445 g/mol. The summed E-state index contributed by atoms with van der Waals surface area (Å²) in [4.78, 5) is 0. The molecule has 33 heavy (non-hydrogen) atoms. The predicted molar refractivity (Wildman–Crippen MR) is 113 cm³/mol. The number of halogens is 7. The van der Waals surface area contributed by atoms with Gasteiger partial charge in [-0.3, -0.25) is 0 Å². The highest BCUT2D eigenvalue weighted by molar-refractivity contribution is 5.72. The zero-order valence-electron chi connectivity index (χ0n) is 17.8. The Morgan fingerprint density at radius 1 is 0.758 bits per heavy atom. The first-order chi connectivity index (χ1) is 15.5. The van der Waals surface area contributed by atoms with E-state index in [0.29, 0.717) is 23.6 Å². The van der Waals surface area contributed by atoms with Crippen LogP contribution in [0.25, 0.3) is 22.3 Å². The Morgan fingerprint density at radius 3 is 1.76 bits per heavy atom. The van der Waals surface area contributed by atoms with Gasteiger partial charge in [-0.05, 0) is 58.9 Å². The molecule has 0 aliphatic heterocycles. The van der Waals surface area contributed by atoms with E-state index < -0.39 is 46.1 Å². The number of benzene rings is 3. The fourth-order valence-corrected chi connectivity index (χ4v) is 3.59. The van der Waals surface area contributed by atoms with E-state index in [1.165, 1.54) is 5.92 Å². The normalized spacial score (nSPS) is 12.3. The lowest BCUT2D eigenvalue weighted by Gasteiger charge is -2.13. The molecule has 0 saturated heterocycles. The molecule has 7 heteroatoms. The van der Waals surface area contributed by atoms with Crippen molar-refractivity contribution in [1.29, 1.82) is 0 Å². The van der Waals surface area contributed by atoms with Gasteiger partial charge < -0.3 is 0 Å². The summed E-state index contributed by atoms with van der Waals surface area (Å²) in [5.74, 6) is -2.57. The van der Waals surface area contributed by atoms with Crippen molar-refractivity contribution in [3.63, 3.8) is 0 Å². The minimum atomic E-state index is -4.95. The number of alkyl halides is 3. The molecule has 1 atom stereocenters. The van der Waals surface area contributed by atoms with Crippen molar-refractivity contribution in [3.05, 3.63) is 82.9 Å². The monoisotopic (exact) mass is 464 g/mol. The highest BCUT2D eigenvalue weighted by Gasteiger charge is 2.24. The molecular formula is C26H19F7. The molecule has 0 spiro atoms. The van der Waals surface area contributed by atoms with E-state index in [-0.39, 0.29) is 5.56 Å². The second-order valence-electron chi connectivity index (χ2n) is 7.69. The zero-order valence-corrected chi connectivity index (χ0v) is 17.8. The Morgan fingerprint density at radius 2 is 1.27 bits per heavy atom. The van der Waals surface area contributed by atoms with Crippen molar-refractivity contribution in [2.75, 3.05) is 0 Å². The number of rotatable bonds is 5. The summed E-state index contributed by atoms with van der Waals surface area (Å²) in [7, 11) is 0. The van der Waals surface area contributed by atoms with Crippen LogP contribution in [0.2, 0.25) is 0 Å². The Bertz CT molecular complexity index is 1170. The third-order valence-corrected chi connectivity index (χ3v) is 5.24. The lowest BCUT2D eigenvalue weighted by atomic mass is 9.93. The molecule has 0 fully saturated rings. The van der Waals surface area contributed by atoms with Gasteiger partial charge in [-0.25, -0.2) is 17.6 Å². The number of hydrogen-bond acceptors (Lipinski definition) is 0. The van der Waals surface area contributed by atoms with Gasteiger partial charge >= 0.3 is 6.18 Å². The molecule has 0 saturated carbocycles. The van der Waals surface area contributed by atoms with E-state index in [9.17, 15) is 30.7 Å². The SMILES string of the molecule is CCCC(C)c1ccc(-c2cc(F)c(-c3cc(F)c(C#CC(F)(F)F)c(F)c3)c(F)c2)cc1. The highest BCUT2D eigenvalue weighted by Crippen LogP contribution is 2.33. The quantitative estimate of drug-likeness (QED) is 0.263. The lowest BCUT2D eigenvalue weighted by Crippen LogP contribution is -2.03. The minimum absolute atomic E-state index is 0.233. The fourth-order valence-electron chi connectivity index (χ4n) is 3.59. The maximum absolute atomic E-state index is 14.8. The second kappa shape index (κ2) is 9.70. The van der Waals surface area contributed by atoms with Crippen molar-refractivity contribution in [2.45, 2.75) is 38.8 Å². The van der Waals surface area contributed by atoms with Crippen LogP contribution in [0, 0.1) is 35.1 Å². The molecule has 172 valence electrons. The van der Waals surface area contributed by atoms with Crippen LogP contribution in [-0.4, -0.2) is 6.18 Å². The van der Waals surface area contributed by atoms with Gasteiger partial charge in [0.1, 0.15) is 23.3 Å². The lowest BCUT2D eigenvalue weighted by molar-refractivity contribution is -0.0696. The van der Waals surface area contributed by atoms with Crippen LogP contribution in [-0.2, 0) is 0 Å². The molecule has 3 aromatic carbocycles. The van der Waals surface area contributed by atoms with Crippen LogP contribution in [0.3, 0.4) is 0 Å². The third kappa shape index (κ3) is 5.75. The summed E-state index contributed by atoms with van der Waals surface area (Å²) in [5.41, 5.74) is -0.435. The number of hydrogen-bond donors (Lipinski definition) is 0. The van der Waals surface area contributed by atoms with Gasteiger partial charge in [0.15, 0.2) is 0 Å². The van der Waals surface area contributed by atoms with Crippen molar-refractivity contribution in [3.8, 4) is 34.1 Å². The van der Waals surface area contributed by atoms with Crippen molar-refractivity contribution < 1.29 is 30.7 Å². The first-order valence-corrected chi connectivity index (χ1v) is 10.2. The van der Waals surface area contributed by atoms with Gasteiger partial charge in [0.25, 0.3) is 0 Å². The van der Waals surface area contributed by atoms with E-state index in [0.717, 1.165) is 36.5 Å². The van der Waals surface area contributed by atoms with Crippen LogP contribution in [0.15, 0.2) is 48.5 Å². The molecule has 0 nitrogen and oxygen atoms in total. The topological polar surface area (TPSA) is 0 Å². The highest BCUT2D eigenvalue weighted by atomic mass is 19.4. The molecule has 0 aliphatic rings. The van der Waals surface area contributed by atoms with Gasteiger partial charge in [-0.1, -0.05) is 50.5 Å². The van der Waals surface area contributed by atoms with Gasteiger partial charge in [-0.2, -0.15) is 13.2 Å². The Hall–Kier alpha value is -3.27. The summed E-state index contributed by atoms with van der Waals surface area (Å²) in [6.07, 6.45) is -2.92. The summed E-state index contributed by atoms with van der Waals surface area (Å²) < 4.78 is 94.6. The average Bonchev–Trinajstić information content (AvgIpc) is 2.72. The van der Waals surface area contributed by atoms with Crippen molar-refractivity contribution in [2.24, 2.45) is 0 Å². The summed E-state index contributed by atoms with van der Waals surface area (Å²) in [5, 5.41) is 0. The van der Waals surface area contributed by atoms with Gasteiger partial charge in [0, 0.05) is 5.92 Å². The Labute approximate surface area is 187 Å². The molecule has 0 amide bonds. The molecule has 3 aromatic rings. The zero-order chi connectivity index (χ0) is 24.3. The van der Waals surface area contributed by atoms with Crippen LogP contribution in [0.1, 0.15) is 43.7 Å². The standard InChI is InChI=1S/C26H19F7/c1-3-4-15(2)16-5-7-17(8-6-16)18-11-23(29)25(24(30)12-18)19-13-21(27)20(22(28)14-19)9-10-26(31,32)33/h5-8,11-15H,3-4H2,1-2H3. The molecule has 0 bridgehead atoms. The first kappa shape index (κ1) is 24.4. The molecule has 0 radical (unpaired) electrons. The van der Waals surface area contributed by atoms with Gasteiger partial charge in [-0.15, -0.1) is 0 Å². The minimum Gasteiger partial charge on any atom is -0.206 e. The van der Waals surface area contributed by atoms with Crippen LogP contribution >= 0.6 is 0 Å². The second-order valence-corrected chi connectivity index (χ2v) is 7.69. The maximum atomic E-state index is 14.8. The average molecular weight is 464 g/mol. The van der Waals surface area contributed by atoms with E-state index in [1.54, 1.807) is 12.1 Å². The molecule has 0 heterocycles. The molecule has 3 rings (SSSR count).